The van der Waals surface area contributed by atoms with Crippen molar-refractivity contribution < 1.29 is 13.2 Å². The standard InChI is InChI=1S/C22H23N3O3S/c1-15-10-12-20(13-17(15)3)29(27,28)25-21-14-19(11-9-16(21)2)24-22(26)23-18-7-5-4-6-8-18/h4-14,25H,1-3H3,(H2,23,24,26). The number of nitrogens with one attached hydrogen (secondary N) is 3. The van der Waals surface area contributed by atoms with E-state index in [9.17, 15) is 13.2 Å². The molecule has 3 rings (SSSR count). The predicted molar refractivity (Wildman–Crippen MR) is 117 cm³/mol. The second-order valence-electron chi connectivity index (χ2n) is 6.83. The number of carbonyl (C=O) groups excluding carboxylic acids is 1. The summed E-state index contributed by atoms with van der Waals surface area (Å²) in [7, 11) is -3.75. The number of hydrogen-bond acceptors (Lipinski definition) is 3. The number of amides is 2. The average molecular weight is 410 g/mol. The first kappa shape index (κ1) is 20.4. The van der Waals surface area contributed by atoms with Crippen LogP contribution in [0.1, 0.15) is 16.7 Å². The number of anilines is 3. The van der Waals surface area contributed by atoms with E-state index in [1.54, 1.807) is 55.5 Å². The van der Waals surface area contributed by atoms with Crippen molar-refractivity contribution >= 4 is 33.1 Å². The molecule has 0 aliphatic heterocycles. The highest BCUT2D eigenvalue weighted by atomic mass is 32.2. The highest BCUT2D eigenvalue weighted by molar-refractivity contribution is 7.92. The number of carbonyl (C=O) groups is 1. The van der Waals surface area contributed by atoms with E-state index in [4.69, 9.17) is 0 Å². The molecule has 0 saturated carbocycles. The van der Waals surface area contributed by atoms with E-state index in [1.807, 2.05) is 32.0 Å². The monoisotopic (exact) mass is 409 g/mol. The maximum atomic E-state index is 12.8. The number of sulfonamides is 1. The number of para-hydroxylation sites is 1. The van der Waals surface area contributed by atoms with E-state index in [2.05, 4.69) is 15.4 Å². The van der Waals surface area contributed by atoms with Crippen molar-refractivity contribution in [1.82, 2.24) is 0 Å². The molecule has 6 nitrogen and oxygen atoms in total. The van der Waals surface area contributed by atoms with Gasteiger partial charge in [0.1, 0.15) is 0 Å². The molecule has 0 heterocycles. The van der Waals surface area contributed by atoms with E-state index in [0.29, 0.717) is 17.1 Å². The molecule has 0 unspecified atom stereocenters. The molecular formula is C22H23N3O3S. The average Bonchev–Trinajstić information content (AvgIpc) is 2.67. The minimum Gasteiger partial charge on any atom is -0.308 e. The summed E-state index contributed by atoms with van der Waals surface area (Å²) >= 11 is 0. The molecule has 0 aliphatic carbocycles. The van der Waals surface area contributed by atoms with Crippen molar-refractivity contribution in [2.24, 2.45) is 0 Å². The lowest BCUT2D eigenvalue weighted by Gasteiger charge is -2.14. The lowest BCUT2D eigenvalue weighted by Crippen LogP contribution is -2.20. The summed E-state index contributed by atoms with van der Waals surface area (Å²) in [5, 5.41) is 5.44. The summed E-state index contributed by atoms with van der Waals surface area (Å²) in [4.78, 5) is 12.4. The number of urea groups is 1. The Bertz CT molecular complexity index is 1140. The van der Waals surface area contributed by atoms with Crippen LogP contribution in [0.5, 0.6) is 0 Å². The quantitative estimate of drug-likeness (QED) is 0.551. The normalized spacial score (nSPS) is 11.0. The highest BCUT2D eigenvalue weighted by Crippen LogP contribution is 2.24. The van der Waals surface area contributed by atoms with E-state index in [-0.39, 0.29) is 4.90 Å². The van der Waals surface area contributed by atoms with Crippen LogP contribution in [0.25, 0.3) is 0 Å². The van der Waals surface area contributed by atoms with Gasteiger partial charge in [-0.3, -0.25) is 4.72 Å². The summed E-state index contributed by atoms with van der Waals surface area (Å²) in [5.41, 5.74) is 4.20. The van der Waals surface area contributed by atoms with E-state index < -0.39 is 16.1 Å². The molecule has 7 heteroatoms. The molecule has 0 atom stereocenters. The number of rotatable bonds is 5. The van der Waals surface area contributed by atoms with E-state index in [0.717, 1.165) is 16.7 Å². The molecule has 2 amide bonds. The largest absolute Gasteiger partial charge is 0.323 e. The molecule has 0 bridgehead atoms. The molecule has 0 saturated heterocycles. The molecule has 0 radical (unpaired) electrons. The Morgan fingerprint density at radius 2 is 1.38 bits per heavy atom. The molecule has 3 N–H and O–H groups in total. The topological polar surface area (TPSA) is 87.3 Å². The number of aryl methyl sites for hydroxylation is 3. The molecule has 3 aromatic carbocycles. The number of benzene rings is 3. The first-order valence-corrected chi connectivity index (χ1v) is 10.6. The maximum absolute atomic E-state index is 12.8. The minimum absolute atomic E-state index is 0.195. The van der Waals surface area contributed by atoms with Gasteiger partial charge in [-0.2, -0.15) is 0 Å². The fourth-order valence-corrected chi connectivity index (χ4v) is 3.92. The third kappa shape index (κ3) is 5.14. The molecule has 0 aliphatic rings. The molecule has 29 heavy (non-hydrogen) atoms. The van der Waals surface area contributed by atoms with Gasteiger partial charge in [-0.05, 0) is 73.9 Å². The first-order valence-electron chi connectivity index (χ1n) is 9.08. The molecule has 3 aromatic rings. The van der Waals surface area contributed by atoms with Gasteiger partial charge in [-0.15, -0.1) is 0 Å². The van der Waals surface area contributed by atoms with Gasteiger partial charge in [0.25, 0.3) is 10.0 Å². The van der Waals surface area contributed by atoms with Crippen molar-refractivity contribution in [3.8, 4) is 0 Å². The van der Waals surface area contributed by atoms with Crippen LogP contribution in [0, 0.1) is 20.8 Å². The Morgan fingerprint density at radius 1 is 0.724 bits per heavy atom. The summed E-state index contributed by atoms with van der Waals surface area (Å²) in [6.45, 7) is 5.60. The van der Waals surface area contributed by atoms with Gasteiger partial charge >= 0.3 is 6.03 Å². The van der Waals surface area contributed by atoms with Crippen LogP contribution in [-0.4, -0.2) is 14.4 Å². The van der Waals surface area contributed by atoms with Gasteiger partial charge < -0.3 is 10.6 Å². The van der Waals surface area contributed by atoms with Crippen molar-refractivity contribution in [3.05, 3.63) is 83.4 Å². The van der Waals surface area contributed by atoms with Crippen LogP contribution in [0.3, 0.4) is 0 Å². The van der Waals surface area contributed by atoms with Gasteiger partial charge in [0.15, 0.2) is 0 Å². The Labute approximate surface area is 171 Å². The zero-order valence-electron chi connectivity index (χ0n) is 16.5. The Morgan fingerprint density at radius 3 is 2.07 bits per heavy atom. The summed E-state index contributed by atoms with van der Waals surface area (Å²) in [5.74, 6) is 0. The van der Waals surface area contributed by atoms with Crippen LogP contribution >= 0.6 is 0 Å². The fourth-order valence-electron chi connectivity index (χ4n) is 2.71. The summed E-state index contributed by atoms with van der Waals surface area (Å²) < 4.78 is 28.2. The van der Waals surface area contributed by atoms with Gasteiger partial charge in [0.05, 0.1) is 10.6 Å². The highest BCUT2D eigenvalue weighted by Gasteiger charge is 2.16. The third-order valence-electron chi connectivity index (χ3n) is 4.56. The molecule has 0 aromatic heterocycles. The van der Waals surface area contributed by atoms with Crippen LogP contribution in [0.15, 0.2) is 71.6 Å². The third-order valence-corrected chi connectivity index (χ3v) is 5.92. The molecular weight excluding hydrogens is 386 g/mol. The van der Waals surface area contributed by atoms with Crippen LogP contribution in [0.2, 0.25) is 0 Å². The SMILES string of the molecule is Cc1ccc(S(=O)(=O)Nc2cc(NC(=O)Nc3ccccc3)ccc2C)cc1C. The van der Waals surface area contributed by atoms with Gasteiger partial charge in [-0.1, -0.05) is 30.3 Å². The van der Waals surface area contributed by atoms with E-state index >= 15 is 0 Å². The zero-order valence-corrected chi connectivity index (χ0v) is 17.3. The first-order chi connectivity index (χ1) is 13.7. The lowest BCUT2D eigenvalue weighted by molar-refractivity contribution is 0.262. The fraction of sp³-hybridized carbons (Fsp3) is 0.136. The lowest BCUT2D eigenvalue weighted by atomic mass is 10.1. The molecule has 0 spiro atoms. The van der Waals surface area contributed by atoms with Crippen molar-refractivity contribution in [1.29, 1.82) is 0 Å². The van der Waals surface area contributed by atoms with Crippen LogP contribution < -0.4 is 15.4 Å². The minimum atomic E-state index is -3.75. The van der Waals surface area contributed by atoms with Gasteiger partial charge in [-0.25, -0.2) is 13.2 Å². The maximum Gasteiger partial charge on any atom is 0.323 e. The summed E-state index contributed by atoms with van der Waals surface area (Å²) in [6, 6.07) is 18.7. The second kappa shape index (κ2) is 8.36. The van der Waals surface area contributed by atoms with Crippen molar-refractivity contribution in [2.45, 2.75) is 25.7 Å². The number of hydrogen-bond donors (Lipinski definition) is 3. The van der Waals surface area contributed by atoms with Gasteiger partial charge in [0, 0.05) is 11.4 Å². The zero-order chi connectivity index (χ0) is 21.0. The van der Waals surface area contributed by atoms with Crippen LogP contribution in [0.4, 0.5) is 21.9 Å². The second-order valence-corrected chi connectivity index (χ2v) is 8.51. The van der Waals surface area contributed by atoms with Gasteiger partial charge in [0.2, 0.25) is 0 Å². The van der Waals surface area contributed by atoms with Crippen molar-refractivity contribution in [3.63, 3.8) is 0 Å². The predicted octanol–water partition coefficient (Wildman–Crippen LogP) is 5.06. The Kier molecular flexibility index (Phi) is 5.89. The Hall–Kier alpha value is -3.32. The smallest absolute Gasteiger partial charge is 0.308 e. The Balaban J connectivity index is 1.78. The van der Waals surface area contributed by atoms with Crippen LogP contribution in [-0.2, 0) is 10.0 Å². The van der Waals surface area contributed by atoms with Crippen molar-refractivity contribution in [2.75, 3.05) is 15.4 Å². The summed E-state index contributed by atoms with van der Waals surface area (Å²) in [6.07, 6.45) is 0. The molecule has 0 fully saturated rings. The van der Waals surface area contributed by atoms with E-state index in [1.165, 1.54) is 0 Å². The molecule has 150 valence electrons.